The standard InChI is InChI=1S/C34H25N4O/c1-22-16-18-27-26-19-17-25(21-29(26)39-31(27)30(22)28-15-9-10-20-38(28)2)34-36-32(23-11-5-3-6-12-23)35-33(37-34)24-13-7-4-8-14-24/h3-21H,1-2H3/q+1. The molecule has 39 heavy (non-hydrogen) atoms. The Morgan fingerprint density at radius 2 is 1.18 bits per heavy atom. The topological polar surface area (TPSA) is 55.7 Å². The first-order chi connectivity index (χ1) is 19.2. The number of benzene rings is 4. The van der Waals surface area contributed by atoms with E-state index >= 15 is 0 Å². The maximum atomic E-state index is 6.58. The van der Waals surface area contributed by atoms with Crippen molar-refractivity contribution in [1.29, 1.82) is 0 Å². The van der Waals surface area contributed by atoms with Crippen molar-refractivity contribution in [2.75, 3.05) is 0 Å². The summed E-state index contributed by atoms with van der Waals surface area (Å²) < 4.78 is 8.71. The SMILES string of the molecule is Cc1ccc2c(oc3cc(-c4nc(-c5ccccc5)nc(-c5ccccc5)n4)ccc32)c1-c1cccc[n+]1C. The van der Waals surface area contributed by atoms with E-state index in [2.05, 4.69) is 61.1 Å². The molecule has 5 nitrogen and oxygen atoms in total. The van der Waals surface area contributed by atoms with Crippen LogP contribution in [0, 0.1) is 6.92 Å². The Bertz CT molecular complexity index is 1920. The van der Waals surface area contributed by atoms with Gasteiger partial charge in [0.1, 0.15) is 18.2 Å². The predicted octanol–water partition coefficient (Wildman–Crippen LogP) is 7.57. The Morgan fingerprint density at radius 1 is 0.590 bits per heavy atom. The monoisotopic (exact) mass is 505 g/mol. The van der Waals surface area contributed by atoms with Crippen molar-refractivity contribution < 1.29 is 8.98 Å². The molecule has 0 saturated carbocycles. The second kappa shape index (κ2) is 9.30. The fourth-order valence-corrected chi connectivity index (χ4v) is 5.12. The zero-order chi connectivity index (χ0) is 26.3. The summed E-state index contributed by atoms with van der Waals surface area (Å²) in [6, 6.07) is 36.8. The fourth-order valence-electron chi connectivity index (χ4n) is 5.12. The van der Waals surface area contributed by atoms with Crippen molar-refractivity contribution in [3.63, 3.8) is 0 Å². The van der Waals surface area contributed by atoms with Gasteiger partial charge in [0.2, 0.25) is 5.69 Å². The third-order valence-corrected chi connectivity index (χ3v) is 7.12. The Kier molecular flexibility index (Phi) is 5.48. The second-order valence-corrected chi connectivity index (χ2v) is 9.68. The van der Waals surface area contributed by atoms with Crippen LogP contribution in [0.1, 0.15) is 5.56 Å². The summed E-state index contributed by atoms with van der Waals surface area (Å²) in [5.74, 6) is 1.88. The molecule has 0 amide bonds. The van der Waals surface area contributed by atoms with Crippen LogP contribution in [-0.2, 0) is 7.05 Å². The molecule has 0 fully saturated rings. The third kappa shape index (κ3) is 4.05. The van der Waals surface area contributed by atoms with Gasteiger partial charge in [-0.1, -0.05) is 78.9 Å². The van der Waals surface area contributed by atoms with Gasteiger partial charge in [-0.2, -0.15) is 0 Å². The summed E-state index contributed by atoms with van der Waals surface area (Å²) in [4.78, 5) is 14.6. The van der Waals surface area contributed by atoms with Crippen LogP contribution in [0.4, 0.5) is 0 Å². The van der Waals surface area contributed by atoms with Gasteiger partial charge in [0.05, 0.1) is 5.56 Å². The van der Waals surface area contributed by atoms with Crippen LogP contribution in [0.25, 0.3) is 67.4 Å². The Hall–Kier alpha value is -5.16. The summed E-state index contributed by atoms with van der Waals surface area (Å²) in [5, 5.41) is 2.15. The average molecular weight is 506 g/mol. The zero-order valence-corrected chi connectivity index (χ0v) is 21.7. The van der Waals surface area contributed by atoms with Crippen LogP contribution in [0.2, 0.25) is 0 Å². The minimum absolute atomic E-state index is 0.607. The highest BCUT2D eigenvalue weighted by molar-refractivity contribution is 6.10. The molecule has 0 spiro atoms. The van der Waals surface area contributed by atoms with Crippen molar-refractivity contribution in [1.82, 2.24) is 15.0 Å². The predicted molar refractivity (Wildman–Crippen MR) is 155 cm³/mol. The van der Waals surface area contributed by atoms with Crippen LogP contribution >= 0.6 is 0 Å². The number of fused-ring (bicyclic) bond motifs is 3. The largest absolute Gasteiger partial charge is 0.455 e. The minimum Gasteiger partial charge on any atom is -0.455 e. The van der Waals surface area contributed by atoms with Crippen LogP contribution < -0.4 is 4.57 Å². The number of rotatable bonds is 4. The first-order valence-corrected chi connectivity index (χ1v) is 12.9. The molecule has 0 atom stereocenters. The lowest BCUT2D eigenvalue weighted by Crippen LogP contribution is -2.30. The molecule has 0 saturated heterocycles. The number of aromatic nitrogens is 4. The van der Waals surface area contributed by atoms with Gasteiger partial charge in [0, 0.05) is 39.6 Å². The number of pyridine rings is 1. The normalized spacial score (nSPS) is 11.3. The van der Waals surface area contributed by atoms with Gasteiger partial charge in [-0.15, -0.1) is 0 Å². The highest BCUT2D eigenvalue weighted by Crippen LogP contribution is 2.38. The maximum absolute atomic E-state index is 6.58. The zero-order valence-electron chi connectivity index (χ0n) is 21.7. The second-order valence-electron chi connectivity index (χ2n) is 9.68. The highest BCUT2D eigenvalue weighted by atomic mass is 16.3. The van der Waals surface area contributed by atoms with E-state index in [1.54, 1.807) is 0 Å². The molecule has 0 radical (unpaired) electrons. The van der Waals surface area contributed by atoms with Crippen molar-refractivity contribution >= 4 is 21.9 Å². The van der Waals surface area contributed by atoms with E-state index < -0.39 is 0 Å². The molecular weight excluding hydrogens is 480 g/mol. The van der Waals surface area contributed by atoms with E-state index in [9.17, 15) is 0 Å². The first-order valence-electron chi connectivity index (χ1n) is 12.9. The van der Waals surface area contributed by atoms with Crippen LogP contribution in [-0.4, -0.2) is 15.0 Å². The van der Waals surface area contributed by atoms with E-state index in [1.165, 1.54) is 5.56 Å². The lowest BCUT2D eigenvalue weighted by Gasteiger charge is -2.08. The minimum atomic E-state index is 0.607. The molecule has 0 N–H and O–H groups in total. The Labute approximate surface area is 226 Å². The van der Waals surface area contributed by atoms with E-state index in [0.717, 1.165) is 49.9 Å². The van der Waals surface area contributed by atoms with Crippen molar-refractivity contribution in [3.05, 3.63) is 121 Å². The molecule has 0 unspecified atom stereocenters. The van der Waals surface area contributed by atoms with Gasteiger partial charge in [-0.05, 0) is 30.7 Å². The van der Waals surface area contributed by atoms with Gasteiger partial charge in [-0.3, -0.25) is 0 Å². The molecule has 0 aliphatic carbocycles. The quantitative estimate of drug-likeness (QED) is 0.232. The number of furan rings is 1. The molecule has 7 aromatic rings. The molecule has 5 heteroatoms. The molecular formula is C34H25N4O+. The van der Waals surface area contributed by atoms with Gasteiger partial charge in [0.25, 0.3) is 0 Å². The summed E-state index contributed by atoms with van der Waals surface area (Å²) in [6.45, 7) is 2.13. The van der Waals surface area contributed by atoms with Crippen molar-refractivity contribution in [3.8, 4) is 45.4 Å². The molecule has 0 bridgehead atoms. The third-order valence-electron chi connectivity index (χ3n) is 7.12. The van der Waals surface area contributed by atoms with E-state index in [4.69, 9.17) is 19.4 Å². The number of hydrogen-bond donors (Lipinski definition) is 0. The molecule has 186 valence electrons. The number of nitrogens with zero attached hydrogens (tertiary/aromatic N) is 4. The lowest BCUT2D eigenvalue weighted by molar-refractivity contribution is -0.660. The van der Waals surface area contributed by atoms with E-state index in [-0.39, 0.29) is 0 Å². The summed E-state index contributed by atoms with van der Waals surface area (Å²) in [5.41, 5.74) is 7.83. The summed E-state index contributed by atoms with van der Waals surface area (Å²) in [6.07, 6.45) is 2.06. The lowest BCUT2D eigenvalue weighted by atomic mass is 10.0. The summed E-state index contributed by atoms with van der Waals surface area (Å²) in [7, 11) is 2.06. The van der Waals surface area contributed by atoms with Crippen LogP contribution in [0.15, 0.2) is 120 Å². The fraction of sp³-hybridized carbons (Fsp3) is 0.0588. The maximum Gasteiger partial charge on any atom is 0.216 e. The highest BCUT2D eigenvalue weighted by Gasteiger charge is 2.21. The van der Waals surface area contributed by atoms with Crippen LogP contribution in [0.5, 0.6) is 0 Å². The van der Waals surface area contributed by atoms with Crippen molar-refractivity contribution in [2.45, 2.75) is 6.92 Å². The van der Waals surface area contributed by atoms with Gasteiger partial charge < -0.3 is 4.42 Å². The first kappa shape index (κ1) is 23.0. The molecule has 0 aliphatic heterocycles. The molecule has 4 aromatic carbocycles. The Balaban J connectivity index is 1.43. The average Bonchev–Trinajstić information content (AvgIpc) is 3.36. The molecule has 3 aromatic heterocycles. The van der Waals surface area contributed by atoms with E-state index in [0.29, 0.717) is 17.5 Å². The van der Waals surface area contributed by atoms with Crippen molar-refractivity contribution in [2.24, 2.45) is 7.05 Å². The molecule has 7 rings (SSSR count). The molecule has 0 aliphatic rings. The van der Waals surface area contributed by atoms with Crippen LogP contribution in [0.3, 0.4) is 0 Å². The van der Waals surface area contributed by atoms with Gasteiger partial charge >= 0.3 is 0 Å². The van der Waals surface area contributed by atoms with Gasteiger partial charge in [-0.25, -0.2) is 19.5 Å². The Morgan fingerprint density at radius 3 is 1.82 bits per heavy atom. The van der Waals surface area contributed by atoms with Gasteiger partial charge in [0.15, 0.2) is 23.7 Å². The van der Waals surface area contributed by atoms with E-state index in [1.807, 2.05) is 72.8 Å². The number of aryl methyl sites for hydroxylation is 2. The summed E-state index contributed by atoms with van der Waals surface area (Å²) >= 11 is 0. The molecule has 3 heterocycles. The smallest absolute Gasteiger partial charge is 0.216 e. The number of hydrogen-bond acceptors (Lipinski definition) is 4.